The number of nitrogens with one attached hydrogen (secondary N) is 1. The van der Waals surface area contributed by atoms with E-state index in [0.717, 1.165) is 23.4 Å². The van der Waals surface area contributed by atoms with Gasteiger partial charge in [-0.15, -0.1) is 0 Å². The first kappa shape index (κ1) is 12.6. The van der Waals surface area contributed by atoms with Crippen molar-refractivity contribution >= 4 is 23.2 Å². The van der Waals surface area contributed by atoms with E-state index >= 15 is 0 Å². The lowest BCUT2D eigenvalue weighted by Crippen LogP contribution is -2.25. The number of benzene rings is 1. The maximum Gasteiger partial charge on any atom is 0.231 e. The van der Waals surface area contributed by atoms with E-state index in [9.17, 15) is 9.59 Å². The number of anilines is 2. The molecule has 0 fully saturated rings. The normalized spacial score (nSPS) is 13.7. The zero-order valence-electron chi connectivity index (χ0n) is 10.8. The third-order valence-corrected chi connectivity index (χ3v) is 3.09. The van der Waals surface area contributed by atoms with Crippen molar-refractivity contribution in [1.82, 2.24) is 0 Å². The topological polar surface area (TPSA) is 49.4 Å². The van der Waals surface area contributed by atoms with Crippen LogP contribution in [0.5, 0.6) is 0 Å². The Kier molecular flexibility index (Phi) is 3.65. The number of nitrogens with zero attached hydrogens (tertiary/aromatic N) is 1. The van der Waals surface area contributed by atoms with Crippen LogP contribution in [-0.4, -0.2) is 18.4 Å². The van der Waals surface area contributed by atoms with Gasteiger partial charge >= 0.3 is 0 Å². The molecule has 1 aliphatic heterocycles. The Hall–Kier alpha value is -1.84. The van der Waals surface area contributed by atoms with Crippen LogP contribution < -0.4 is 10.2 Å². The van der Waals surface area contributed by atoms with Gasteiger partial charge in [-0.05, 0) is 37.1 Å². The van der Waals surface area contributed by atoms with Crippen LogP contribution in [0.4, 0.5) is 11.4 Å². The van der Waals surface area contributed by atoms with Gasteiger partial charge in [-0.2, -0.15) is 0 Å². The molecule has 0 radical (unpaired) electrons. The lowest BCUT2D eigenvalue weighted by Gasteiger charge is -2.14. The summed E-state index contributed by atoms with van der Waals surface area (Å²) in [6, 6.07) is 5.66. The Labute approximate surface area is 107 Å². The van der Waals surface area contributed by atoms with Gasteiger partial charge < -0.3 is 10.2 Å². The minimum absolute atomic E-state index is 0.0223. The fourth-order valence-electron chi connectivity index (χ4n) is 2.26. The van der Waals surface area contributed by atoms with Crippen molar-refractivity contribution in [2.75, 3.05) is 16.8 Å². The van der Waals surface area contributed by atoms with Crippen LogP contribution in [0, 0.1) is 0 Å². The second-order valence-electron chi connectivity index (χ2n) is 4.46. The van der Waals surface area contributed by atoms with Crippen LogP contribution in [0.2, 0.25) is 0 Å². The van der Waals surface area contributed by atoms with Gasteiger partial charge in [-0.1, -0.05) is 6.92 Å². The monoisotopic (exact) mass is 246 g/mol. The molecule has 1 N–H and O–H groups in total. The summed E-state index contributed by atoms with van der Waals surface area (Å²) in [5.41, 5.74) is 2.74. The van der Waals surface area contributed by atoms with E-state index in [0.29, 0.717) is 19.4 Å². The molecule has 0 saturated heterocycles. The molecule has 0 atom stereocenters. The predicted molar refractivity (Wildman–Crippen MR) is 71.7 cm³/mol. The summed E-state index contributed by atoms with van der Waals surface area (Å²) in [7, 11) is 0. The average Bonchev–Trinajstić information content (AvgIpc) is 2.63. The van der Waals surface area contributed by atoms with Crippen molar-refractivity contribution in [2.45, 2.75) is 33.1 Å². The number of likely N-dealkylation sites (N-methyl/N-ethyl adjacent to an activating group) is 1. The minimum Gasteiger partial charge on any atom is -0.326 e. The standard InChI is InChI=1S/C14H18N2O2/c1-3-5-13(17)15-11-6-7-12-10(8-11)9-14(18)16(12)4-2/h6-8H,3-5,9H2,1-2H3,(H,15,17). The predicted octanol–water partition coefficient (Wildman–Crippen LogP) is 2.33. The van der Waals surface area contributed by atoms with Crippen molar-refractivity contribution in [1.29, 1.82) is 0 Å². The largest absolute Gasteiger partial charge is 0.326 e. The maximum absolute atomic E-state index is 11.7. The molecule has 2 rings (SSSR count). The van der Waals surface area contributed by atoms with Crippen LogP contribution in [0.1, 0.15) is 32.3 Å². The molecule has 2 amide bonds. The lowest BCUT2D eigenvalue weighted by molar-refractivity contribution is -0.117. The number of carbonyl (C=O) groups is 2. The molecule has 96 valence electrons. The van der Waals surface area contributed by atoms with Crippen LogP contribution in [0.25, 0.3) is 0 Å². The van der Waals surface area contributed by atoms with Gasteiger partial charge in [0.15, 0.2) is 0 Å². The lowest BCUT2D eigenvalue weighted by atomic mass is 10.1. The number of hydrogen-bond acceptors (Lipinski definition) is 2. The van der Waals surface area contributed by atoms with Gasteiger partial charge in [0.05, 0.1) is 6.42 Å². The molecule has 1 aromatic carbocycles. The fourth-order valence-corrected chi connectivity index (χ4v) is 2.26. The molecule has 1 heterocycles. The Morgan fingerprint density at radius 2 is 2.17 bits per heavy atom. The summed E-state index contributed by atoms with van der Waals surface area (Å²) in [6.45, 7) is 4.62. The summed E-state index contributed by atoms with van der Waals surface area (Å²) in [5, 5.41) is 2.85. The summed E-state index contributed by atoms with van der Waals surface area (Å²) < 4.78 is 0. The number of amides is 2. The highest BCUT2D eigenvalue weighted by molar-refractivity contribution is 6.02. The first-order valence-corrected chi connectivity index (χ1v) is 6.38. The van der Waals surface area contributed by atoms with Gasteiger partial charge in [0.2, 0.25) is 11.8 Å². The average molecular weight is 246 g/mol. The van der Waals surface area contributed by atoms with Crippen molar-refractivity contribution in [3.8, 4) is 0 Å². The second kappa shape index (κ2) is 5.21. The molecular weight excluding hydrogens is 228 g/mol. The zero-order chi connectivity index (χ0) is 13.1. The molecule has 0 saturated carbocycles. The van der Waals surface area contributed by atoms with E-state index in [1.807, 2.05) is 32.0 Å². The summed E-state index contributed by atoms with van der Waals surface area (Å²) in [5.74, 6) is 0.152. The SMILES string of the molecule is CCCC(=O)Nc1ccc2c(c1)CC(=O)N2CC. The molecule has 0 unspecified atom stereocenters. The quantitative estimate of drug-likeness (QED) is 0.886. The first-order chi connectivity index (χ1) is 8.65. The Bertz CT molecular complexity index is 483. The smallest absolute Gasteiger partial charge is 0.231 e. The molecule has 4 heteroatoms. The van der Waals surface area contributed by atoms with Crippen molar-refractivity contribution in [3.05, 3.63) is 23.8 Å². The van der Waals surface area contributed by atoms with Gasteiger partial charge in [0, 0.05) is 24.3 Å². The maximum atomic E-state index is 11.7. The van der Waals surface area contributed by atoms with Crippen molar-refractivity contribution in [2.24, 2.45) is 0 Å². The fraction of sp³-hybridized carbons (Fsp3) is 0.429. The molecule has 1 aliphatic rings. The molecule has 0 spiro atoms. The van der Waals surface area contributed by atoms with Crippen molar-refractivity contribution in [3.63, 3.8) is 0 Å². The van der Waals surface area contributed by atoms with E-state index in [2.05, 4.69) is 5.32 Å². The highest BCUT2D eigenvalue weighted by Crippen LogP contribution is 2.30. The minimum atomic E-state index is 0.0223. The van der Waals surface area contributed by atoms with E-state index in [1.54, 1.807) is 4.90 Å². The number of rotatable bonds is 4. The van der Waals surface area contributed by atoms with Gasteiger partial charge in [-0.25, -0.2) is 0 Å². The van der Waals surface area contributed by atoms with Crippen molar-refractivity contribution < 1.29 is 9.59 Å². The zero-order valence-corrected chi connectivity index (χ0v) is 10.8. The molecule has 0 aliphatic carbocycles. The number of hydrogen-bond donors (Lipinski definition) is 1. The summed E-state index contributed by atoms with van der Waals surface area (Å²) in [6.07, 6.45) is 1.79. The number of fused-ring (bicyclic) bond motifs is 1. The first-order valence-electron chi connectivity index (χ1n) is 6.38. The van der Waals surface area contributed by atoms with Gasteiger partial charge in [0.1, 0.15) is 0 Å². The molecule has 4 nitrogen and oxygen atoms in total. The van der Waals surface area contributed by atoms with Gasteiger partial charge in [-0.3, -0.25) is 9.59 Å². The Morgan fingerprint density at radius 1 is 1.39 bits per heavy atom. The van der Waals surface area contributed by atoms with E-state index < -0.39 is 0 Å². The third-order valence-electron chi connectivity index (χ3n) is 3.09. The van der Waals surface area contributed by atoms with E-state index in [4.69, 9.17) is 0 Å². The van der Waals surface area contributed by atoms with Crippen LogP contribution in [0.15, 0.2) is 18.2 Å². The second-order valence-corrected chi connectivity index (χ2v) is 4.46. The van der Waals surface area contributed by atoms with E-state index in [1.165, 1.54) is 0 Å². The van der Waals surface area contributed by atoms with Crippen LogP contribution >= 0.6 is 0 Å². The molecular formula is C14H18N2O2. The molecule has 0 aromatic heterocycles. The molecule has 1 aromatic rings. The van der Waals surface area contributed by atoms with Crippen LogP contribution in [-0.2, 0) is 16.0 Å². The highest BCUT2D eigenvalue weighted by atomic mass is 16.2. The van der Waals surface area contributed by atoms with Gasteiger partial charge in [0.25, 0.3) is 0 Å². The number of carbonyl (C=O) groups excluding carboxylic acids is 2. The molecule has 18 heavy (non-hydrogen) atoms. The van der Waals surface area contributed by atoms with Crippen LogP contribution in [0.3, 0.4) is 0 Å². The Balaban J connectivity index is 2.17. The third kappa shape index (κ3) is 2.37. The highest BCUT2D eigenvalue weighted by Gasteiger charge is 2.25. The van der Waals surface area contributed by atoms with E-state index in [-0.39, 0.29) is 11.8 Å². The molecule has 0 bridgehead atoms. The summed E-state index contributed by atoms with van der Waals surface area (Å²) >= 11 is 0. The summed E-state index contributed by atoms with van der Waals surface area (Å²) in [4.78, 5) is 25.0. The Morgan fingerprint density at radius 3 is 2.83 bits per heavy atom.